The number of fused-ring (bicyclic) bond motifs is 1. The van der Waals surface area contributed by atoms with Crippen molar-refractivity contribution in [3.05, 3.63) is 22.6 Å². The number of hydrogen-bond donors (Lipinski definition) is 0. The van der Waals surface area contributed by atoms with E-state index < -0.39 is 0 Å². The second-order valence-corrected chi connectivity index (χ2v) is 6.12. The molecular weight excluding hydrogens is 342 g/mol. The lowest BCUT2D eigenvalue weighted by Crippen LogP contribution is -2.07. The number of imidazole rings is 1. The maximum Gasteiger partial charge on any atom is 0.160 e. The molecule has 2 aromatic heterocycles. The number of aromatic nitrogens is 3. The Bertz CT molecular complexity index is 571. The first-order chi connectivity index (χ1) is 9.61. The van der Waals surface area contributed by atoms with Crippen LogP contribution < -0.4 is 0 Å². The molecule has 0 N–H and O–H groups in total. The van der Waals surface area contributed by atoms with Gasteiger partial charge in [-0.1, -0.05) is 0 Å². The SMILES string of the molecule is CC(C)OCCCCn1c(CCl)nc2cc(Br)cnc21. The standard InChI is InChI=1S/C14H19BrClN3O/c1-10(2)20-6-4-3-5-19-13(8-16)18-12-7-11(15)9-17-14(12)19/h7,9-10H,3-6,8H2,1-2H3. The van der Waals surface area contributed by atoms with E-state index >= 15 is 0 Å². The second-order valence-electron chi connectivity index (χ2n) is 4.94. The predicted molar refractivity (Wildman–Crippen MR) is 85.1 cm³/mol. The lowest BCUT2D eigenvalue weighted by atomic mass is 10.3. The van der Waals surface area contributed by atoms with Gasteiger partial charge in [-0.3, -0.25) is 0 Å². The van der Waals surface area contributed by atoms with Gasteiger partial charge in [0, 0.05) is 23.8 Å². The van der Waals surface area contributed by atoms with Gasteiger partial charge in [0.1, 0.15) is 11.3 Å². The lowest BCUT2D eigenvalue weighted by Gasteiger charge is -2.09. The van der Waals surface area contributed by atoms with Crippen molar-refractivity contribution in [1.82, 2.24) is 14.5 Å². The molecule has 2 heterocycles. The van der Waals surface area contributed by atoms with E-state index in [1.165, 1.54) is 0 Å². The number of halogens is 2. The fourth-order valence-corrected chi connectivity index (χ4v) is 2.58. The Morgan fingerprint density at radius 2 is 2.20 bits per heavy atom. The summed E-state index contributed by atoms with van der Waals surface area (Å²) in [5.41, 5.74) is 1.78. The van der Waals surface area contributed by atoms with Crippen LogP contribution >= 0.6 is 27.5 Å². The third kappa shape index (κ3) is 3.93. The molecule has 0 aliphatic carbocycles. The summed E-state index contributed by atoms with van der Waals surface area (Å²) in [7, 11) is 0. The number of alkyl halides is 1. The van der Waals surface area contributed by atoms with Gasteiger partial charge in [0.2, 0.25) is 0 Å². The van der Waals surface area contributed by atoms with Gasteiger partial charge in [-0.05, 0) is 48.7 Å². The summed E-state index contributed by atoms with van der Waals surface area (Å²) in [4.78, 5) is 8.97. The molecule has 2 aromatic rings. The number of unbranched alkanes of at least 4 members (excludes halogenated alkanes) is 1. The summed E-state index contributed by atoms with van der Waals surface area (Å²) in [5.74, 6) is 1.27. The number of ether oxygens (including phenoxy) is 1. The van der Waals surface area contributed by atoms with Crippen molar-refractivity contribution in [3.8, 4) is 0 Å². The Hall–Kier alpha value is -0.650. The fourth-order valence-electron chi connectivity index (χ4n) is 2.06. The lowest BCUT2D eigenvalue weighted by molar-refractivity contribution is 0.0754. The molecule has 0 aliphatic heterocycles. The maximum atomic E-state index is 5.98. The van der Waals surface area contributed by atoms with Crippen LogP contribution in [0.3, 0.4) is 0 Å². The molecule has 0 bridgehead atoms. The van der Waals surface area contributed by atoms with Crippen molar-refractivity contribution >= 4 is 38.7 Å². The zero-order chi connectivity index (χ0) is 14.5. The minimum atomic E-state index is 0.293. The number of rotatable bonds is 7. The Kier molecular flexibility index (Phi) is 5.81. The summed E-state index contributed by atoms with van der Waals surface area (Å²) < 4.78 is 8.58. The smallest absolute Gasteiger partial charge is 0.160 e. The monoisotopic (exact) mass is 359 g/mol. The van der Waals surface area contributed by atoms with Gasteiger partial charge >= 0.3 is 0 Å². The van der Waals surface area contributed by atoms with Gasteiger partial charge in [-0.25, -0.2) is 9.97 Å². The van der Waals surface area contributed by atoms with Crippen LogP contribution in [0.5, 0.6) is 0 Å². The van der Waals surface area contributed by atoms with E-state index in [0.29, 0.717) is 12.0 Å². The number of aryl methyl sites for hydroxylation is 1. The van der Waals surface area contributed by atoms with Crippen molar-refractivity contribution in [1.29, 1.82) is 0 Å². The summed E-state index contributed by atoms with van der Waals surface area (Å²) in [6.07, 6.45) is 4.14. The maximum absolute atomic E-state index is 5.98. The summed E-state index contributed by atoms with van der Waals surface area (Å²) >= 11 is 9.39. The Balaban J connectivity index is 2.04. The summed E-state index contributed by atoms with van der Waals surface area (Å²) in [6.45, 7) is 5.77. The molecule has 0 radical (unpaired) electrons. The van der Waals surface area contributed by atoms with E-state index in [2.05, 4.69) is 44.3 Å². The molecule has 0 unspecified atom stereocenters. The van der Waals surface area contributed by atoms with E-state index in [0.717, 1.165) is 47.5 Å². The number of hydrogen-bond acceptors (Lipinski definition) is 3. The number of pyridine rings is 1. The second kappa shape index (κ2) is 7.38. The molecule has 0 atom stereocenters. The van der Waals surface area contributed by atoms with Crippen LogP contribution in [-0.2, 0) is 17.2 Å². The van der Waals surface area contributed by atoms with Gasteiger partial charge in [-0.2, -0.15) is 0 Å². The highest BCUT2D eigenvalue weighted by atomic mass is 79.9. The molecule has 0 saturated carbocycles. The van der Waals surface area contributed by atoms with E-state index in [1.54, 1.807) is 6.20 Å². The zero-order valence-electron chi connectivity index (χ0n) is 11.8. The molecule has 20 heavy (non-hydrogen) atoms. The van der Waals surface area contributed by atoms with Gasteiger partial charge in [0.15, 0.2) is 5.65 Å². The molecule has 110 valence electrons. The Labute approximate surface area is 132 Å². The Morgan fingerprint density at radius 1 is 1.40 bits per heavy atom. The largest absolute Gasteiger partial charge is 0.379 e. The highest BCUT2D eigenvalue weighted by Gasteiger charge is 2.11. The highest BCUT2D eigenvalue weighted by Crippen LogP contribution is 2.20. The van der Waals surface area contributed by atoms with Crippen LogP contribution in [0.2, 0.25) is 0 Å². The molecule has 0 spiro atoms. The molecule has 0 fully saturated rings. The topological polar surface area (TPSA) is 39.9 Å². The normalized spacial score (nSPS) is 11.7. The van der Waals surface area contributed by atoms with E-state index in [1.807, 2.05) is 6.07 Å². The number of nitrogens with zero attached hydrogens (tertiary/aromatic N) is 3. The molecule has 0 amide bonds. The third-order valence-electron chi connectivity index (χ3n) is 2.98. The van der Waals surface area contributed by atoms with Crippen LogP contribution in [0.25, 0.3) is 11.2 Å². The molecule has 6 heteroatoms. The van der Waals surface area contributed by atoms with Gasteiger partial charge in [0.05, 0.1) is 12.0 Å². The molecule has 0 aromatic carbocycles. The van der Waals surface area contributed by atoms with E-state index in [4.69, 9.17) is 16.3 Å². The van der Waals surface area contributed by atoms with Crippen LogP contribution in [0.15, 0.2) is 16.7 Å². The summed E-state index contributed by atoms with van der Waals surface area (Å²) in [5, 5.41) is 0. The minimum Gasteiger partial charge on any atom is -0.379 e. The average molecular weight is 361 g/mol. The van der Waals surface area contributed by atoms with Crippen LogP contribution in [0, 0.1) is 0 Å². The van der Waals surface area contributed by atoms with Crippen molar-refractivity contribution in [2.75, 3.05) is 6.61 Å². The first-order valence-corrected chi connectivity index (χ1v) is 8.12. The van der Waals surface area contributed by atoms with Gasteiger partial charge in [0.25, 0.3) is 0 Å². The highest BCUT2D eigenvalue weighted by molar-refractivity contribution is 9.10. The Morgan fingerprint density at radius 3 is 2.90 bits per heavy atom. The zero-order valence-corrected chi connectivity index (χ0v) is 14.1. The van der Waals surface area contributed by atoms with Crippen molar-refractivity contribution < 1.29 is 4.74 Å². The fraction of sp³-hybridized carbons (Fsp3) is 0.571. The van der Waals surface area contributed by atoms with Crippen LogP contribution in [0.4, 0.5) is 0 Å². The van der Waals surface area contributed by atoms with Crippen molar-refractivity contribution in [3.63, 3.8) is 0 Å². The quantitative estimate of drug-likeness (QED) is 0.550. The van der Waals surface area contributed by atoms with Crippen molar-refractivity contribution in [2.45, 2.75) is 45.2 Å². The summed E-state index contributed by atoms with van der Waals surface area (Å²) in [6, 6.07) is 1.97. The van der Waals surface area contributed by atoms with Crippen molar-refractivity contribution in [2.24, 2.45) is 0 Å². The van der Waals surface area contributed by atoms with E-state index in [9.17, 15) is 0 Å². The van der Waals surface area contributed by atoms with E-state index in [-0.39, 0.29) is 0 Å². The molecule has 4 nitrogen and oxygen atoms in total. The third-order valence-corrected chi connectivity index (χ3v) is 3.65. The van der Waals surface area contributed by atoms with Gasteiger partial charge < -0.3 is 9.30 Å². The first-order valence-electron chi connectivity index (χ1n) is 6.80. The molecule has 2 rings (SSSR count). The first kappa shape index (κ1) is 15.7. The average Bonchev–Trinajstić information content (AvgIpc) is 2.75. The molecule has 0 saturated heterocycles. The molecule has 0 aliphatic rings. The molecular formula is C14H19BrClN3O. The minimum absolute atomic E-state index is 0.293. The van der Waals surface area contributed by atoms with Crippen LogP contribution in [-0.4, -0.2) is 27.2 Å². The predicted octanol–water partition coefficient (Wildman–Crippen LogP) is 4.14. The van der Waals surface area contributed by atoms with Gasteiger partial charge in [-0.15, -0.1) is 11.6 Å². The van der Waals surface area contributed by atoms with Crippen LogP contribution in [0.1, 0.15) is 32.5 Å².